The number of hydrogen-bond acceptors (Lipinski definition) is 6. The first-order chi connectivity index (χ1) is 12.6. The molecule has 0 amide bonds. The molecule has 0 aliphatic rings. The Hall–Kier alpha value is -0.784. The van der Waals surface area contributed by atoms with E-state index in [0.717, 1.165) is 11.9 Å². The number of benzene rings is 1. The van der Waals surface area contributed by atoms with Crippen LogP contribution in [0.3, 0.4) is 0 Å². The summed E-state index contributed by atoms with van der Waals surface area (Å²) in [5.41, 5.74) is 2.06. The van der Waals surface area contributed by atoms with Crippen LogP contribution < -0.4 is 4.74 Å². The van der Waals surface area contributed by atoms with Gasteiger partial charge in [-0.15, -0.1) is 0 Å². The number of fused-ring (bicyclic) bond motifs is 1. The number of hydrogen-bond donors (Lipinski definition) is 1. The fourth-order valence-electron chi connectivity index (χ4n) is 2.46. The maximum atomic E-state index is 12.7. The predicted octanol–water partition coefficient (Wildman–Crippen LogP) is 1.98. The second kappa shape index (κ2) is 10.7. The van der Waals surface area contributed by atoms with Crippen molar-refractivity contribution in [3.05, 3.63) is 47.8 Å². The van der Waals surface area contributed by atoms with E-state index in [-0.39, 0.29) is 62.2 Å². The number of imidazole rings is 1. The second-order valence-electron chi connectivity index (χ2n) is 5.59. The van der Waals surface area contributed by atoms with Crippen LogP contribution in [-0.2, 0) is 15.9 Å². The Labute approximate surface area is 202 Å². The van der Waals surface area contributed by atoms with Crippen molar-refractivity contribution in [2.24, 2.45) is 0 Å². The Morgan fingerprint density at radius 1 is 1.26 bits per heavy atom. The maximum absolute atomic E-state index is 12.7. The van der Waals surface area contributed by atoms with Gasteiger partial charge in [0.15, 0.2) is 5.69 Å². The van der Waals surface area contributed by atoms with Gasteiger partial charge >= 0.3 is 61.7 Å². The molecular formula is C18H20KN3O4S. The van der Waals surface area contributed by atoms with Crippen molar-refractivity contribution in [2.45, 2.75) is 18.5 Å². The number of rotatable bonds is 7. The van der Waals surface area contributed by atoms with Gasteiger partial charge in [0.25, 0.3) is 0 Å². The van der Waals surface area contributed by atoms with Crippen molar-refractivity contribution in [1.29, 1.82) is 0 Å². The molecule has 27 heavy (non-hydrogen) atoms. The number of aromatic amines is 1. The molecule has 1 N–H and O–H groups in total. The van der Waals surface area contributed by atoms with Gasteiger partial charge in [-0.2, -0.15) is 4.98 Å². The van der Waals surface area contributed by atoms with E-state index in [1.165, 1.54) is 6.20 Å². The van der Waals surface area contributed by atoms with E-state index in [9.17, 15) is 9.35 Å². The van der Waals surface area contributed by atoms with Gasteiger partial charge in [0, 0.05) is 31.9 Å². The number of carbonyl (C=O) groups is 1. The molecule has 0 aliphatic heterocycles. The van der Waals surface area contributed by atoms with Crippen molar-refractivity contribution in [1.82, 2.24) is 15.0 Å². The van der Waals surface area contributed by atoms with E-state index in [1.807, 2.05) is 18.2 Å². The standard InChI is InChI=1S/C18H19N3O4S.K.H/c1-12-15(25-11-5-10-24-2)8-9-19-16(12)17(22)26(23)18-20-13-6-3-4-7-14(13)21-18;;/h3-4,6-9H,5,10-11H2,1-2H3,(H,20,21);;. The summed E-state index contributed by atoms with van der Waals surface area (Å²) in [6, 6.07) is 8.95. The van der Waals surface area contributed by atoms with Crippen LogP contribution in [0.2, 0.25) is 0 Å². The zero-order valence-corrected chi connectivity index (χ0v) is 15.3. The minimum absolute atomic E-state index is 0. The number of H-pyrrole nitrogens is 1. The summed E-state index contributed by atoms with van der Waals surface area (Å²) in [7, 11) is 1.63. The molecule has 2 heterocycles. The second-order valence-corrected chi connectivity index (χ2v) is 6.89. The van der Waals surface area contributed by atoms with Gasteiger partial charge in [0.1, 0.15) is 16.9 Å². The number of carbonyl (C=O) groups excluding carboxylic acids is 1. The van der Waals surface area contributed by atoms with Crippen molar-refractivity contribution in [3.63, 3.8) is 0 Å². The molecule has 0 fully saturated rings. The van der Waals surface area contributed by atoms with E-state index >= 15 is 0 Å². The fourth-order valence-corrected chi connectivity index (χ4v) is 3.40. The van der Waals surface area contributed by atoms with Gasteiger partial charge in [-0.1, -0.05) is 12.1 Å². The summed E-state index contributed by atoms with van der Waals surface area (Å²) in [5, 5.41) is -0.493. The van der Waals surface area contributed by atoms with E-state index in [1.54, 1.807) is 26.2 Å². The van der Waals surface area contributed by atoms with E-state index < -0.39 is 16.3 Å². The normalized spacial score (nSPS) is 11.8. The van der Waals surface area contributed by atoms with Gasteiger partial charge < -0.3 is 14.0 Å². The Balaban J connectivity index is 0.00000261. The third kappa shape index (κ3) is 5.39. The van der Waals surface area contributed by atoms with Crippen LogP contribution in [0.1, 0.15) is 22.5 Å². The zero-order valence-electron chi connectivity index (χ0n) is 14.5. The van der Waals surface area contributed by atoms with Gasteiger partial charge in [-0.3, -0.25) is 4.98 Å². The molecule has 7 nitrogen and oxygen atoms in total. The molecule has 0 aliphatic carbocycles. The van der Waals surface area contributed by atoms with Crippen molar-refractivity contribution >= 4 is 78.7 Å². The Kier molecular flexibility index (Phi) is 8.90. The van der Waals surface area contributed by atoms with Crippen molar-refractivity contribution in [3.8, 4) is 5.75 Å². The molecule has 2 aromatic heterocycles. The monoisotopic (exact) mass is 413 g/mol. The van der Waals surface area contributed by atoms with Crippen LogP contribution in [0.5, 0.6) is 5.75 Å². The molecule has 1 atom stereocenters. The summed E-state index contributed by atoms with van der Waals surface area (Å²) in [4.78, 5) is 23.9. The van der Waals surface area contributed by atoms with E-state index in [4.69, 9.17) is 9.47 Å². The molecule has 1 unspecified atom stereocenters. The molecule has 0 bridgehead atoms. The number of nitrogens with one attached hydrogen (secondary N) is 1. The predicted molar refractivity (Wildman–Crippen MR) is 105 cm³/mol. The first kappa shape index (κ1) is 22.5. The first-order valence-corrected chi connectivity index (χ1v) is 9.25. The summed E-state index contributed by atoms with van der Waals surface area (Å²) < 4.78 is 23.3. The van der Waals surface area contributed by atoms with Crippen molar-refractivity contribution in [2.75, 3.05) is 20.3 Å². The number of pyridine rings is 1. The van der Waals surface area contributed by atoms with Crippen LogP contribution in [0.4, 0.5) is 0 Å². The summed E-state index contributed by atoms with van der Waals surface area (Å²) in [6.07, 6.45) is 2.20. The van der Waals surface area contributed by atoms with Crippen LogP contribution >= 0.6 is 0 Å². The average Bonchev–Trinajstić information content (AvgIpc) is 3.09. The Bertz CT molecular complexity index is 886. The number of ether oxygens (including phenoxy) is 2. The summed E-state index contributed by atoms with van der Waals surface area (Å²) in [5.74, 6) is 0.543. The van der Waals surface area contributed by atoms with Gasteiger partial charge in [0.2, 0.25) is 0 Å². The average molecular weight is 414 g/mol. The molecule has 0 saturated carbocycles. The van der Waals surface area contributed by atoms with E-state index in [0.29, 0.717) is 30.0 Å². The quantitative estimate of drug-likeness (QED) is 0.361. The summed E-state index contributed by atoms with van der Waals surface area (Å²) in [6.45, 7) is 2.77. The van der Waals surface area contributed by atoms with Crippen LogP contribution in [0, 0.1) is 6.92 Å². The zero-order chi connectivity index (χ0) is 18.5. The molecule has 0 saturated heterocycles. The number of nitrogens with zero attached hydrogens (tertiary/aromatic N) is 2. The Morgan fingerprint density at radius 2 is 2.04 bits per heavy atom. The van der Waals surface area contributed by atoms with Crippen molar-refractivity contribution < 1.29 is 18.8 Å². The van der Waals surface area contributed by atoms with Gasteiger partial charge in [-0.25, -0.2) is 9.78 Å². The molecular weight excluding hydrogens is 393 g/mol. The SMILES string of the molecule is COCCCOc1ccnc(C(=O)[S+]([O-])c2nc3ccccc3[nH]2)c1C.[KH]. The molecule has 138 valence electrons. The molecule has 3 rings (SSSR count). The number of methoxy groups -OCH3 is 1. The van der Waals surface area contributed by atoms with Gasteiger partial charge in [-0.05, 0) is 25.1 Å². The van der Waals surface area contributed by atoms with Gasteiger partial charge in [0.05, 0.1) is 17.6 Å². The number of aromatic nitrogens is 3. The topological polar surface area (TPSA) is 100 Å². The fraction of sp³-hybridized carbons (Fsp3) is 0.278. The summed E-state index contributed by atoms with van der Waals surface area (Å²) >= 11 is -1.98. The van der Waals surface area contributed by atoms with Crippen LogP contribution in [-0.4, -0.2) is 96.3 Å². The third-order valence-electron chi connectivity index (χ3n) is 3.81. The number of para-hydroxylation sites is 2. The molecule has 0 radical (unpaired) electrons. The Morgan fingerprint density at radius 3 is 2.78 bits per heavy atom. The molecule has 3 aromatic rings. The third-order valence-corrected chi connectivity index (χ3v) is 4.88. The molecule has 1 aromatic carbocycles. The molecule has 9 heteroatoms. The van der Waals surface area contributed by atoms with E-state index in [2.05, 4.69) is 15.0 Å². The van der Waals surface area contributed by atoms with Crippen LogP contribution in [0.25, 0.3) is 11.0 Å². The van der Waals surface area contributed by atoms with Crippen LogP contribution in [0.15, 0.2) is 41.7 Å². The first-order valence-electron chi connectivity index (χ1n) is 8.10. The minimum atomic E-state index is -1.98. The molecule has 0 spiro atoms.